The SMILES string of the molecule is CC(OCc1ccccc1)C(CCC(=O)O)N1Cc2cc(Oc3ccccc3)ncc2N=C1N. The van der Waals surface area contributed by atoms with Gasteiger partial charge in [0.25, 0.3) is 0 Å². The Labute approximate surface area is 198 Å². The third-order valence-electron chi connectivity index (χ3n) is 5.73. The second-order valence-electron chi connectivity index (χ2n) is 8.17. The highest BCUT2D eigenvalue weighted by atomic mass is 16.5. The van der Waals surface area contributed by atoms with E-state index >= 15 is 0 Å². The normalized spacial score (nSPS) is 14.6. The van der Waals surface area contributed by atoms with E-state index in [0.29, 0.717) is 42.8 Å². The highest BCUT2D eigenvalue weighted by Crippen LogP contribution is 2.31. The second-order valence-corrected chi connectivity index (χ2v) is 8.17. The van der Waals surface area contributed by atoms with Crippen LogP contribution in [0.4, 0.5) is 5.69 Å². The summed E-state index contributed by atoms with van der Waals surface area (Å²) in [4.78, 5) is 22.1. The molecule has 34 heavy (non-hydrogen) atoms. The van der Waals surface area contributed by atoms with Crippen molar-refractivity contribution in [2.75, 3.05) is 0 Å². The first-order chi connectivity index (χ1) is 16.5. The zero-order valence-electron chi connectivity index (χ0n) is 19.0. The molecule has 0 fully saturated rings. The van der Waals surface area contributed by atoms with Gasteiger partial charge in [0.2, 0.25) is 5.88 Å². The van der Waals surface area contributed by atoms with Gasteiger partial charge < -0.3 is 25.2 Å². The minimum absolute atomic E-state index is 0.000938. The summed E-state index contributed by atoms with van der Waals surface area (Å²) in [5.74, 6) is 0.594. The zero-order valence-corrected chi connectivity index (χ0v) is 19.0. The van der Waals surface area contributed by atoms with E-state index in [1.165, 1.54) is 0 Å². The summed E-state index contributed by atoms with van der Waals surface area (Å²) in [7, 11) is 0. The lowest BCUT2D eigenvalue weighted by Gasteiger charge is -2.38. The zero-order chi connectivity index (χ0) is 23.9. The molecule has 1 aliphatic heterocycles. The van der Waals surface area contributed by atoms with E-state index in [9.17, 15) is 9.90 Å². The summed E-state index contributed by atoms with van der Waals surface area (Å²) in [6.07, 6.45) is 1.73. The fourth-order valence-corrected chi connectivity index (χ4v) is 3.93. The van der Waals surface area contributed by atoms with Crippen LogP contribution >= 0.6 is 0 Å². The largest absolute Gasteiger partial charge is 0.481 e. The molecule has 0 aliphatic carbocycles. The molecule has 0 amide bonds. The minimum atomic E-state index is -0.865. The van der Waals surface area contributed by atoms with E-state index in [-0.39, 0.29) is 18.6 Å². The molecule has 2 aromatic carbocycles. The van der Waals surface area contributed by atoms with Gasteiger partial charge in [0.15, 0.2) is 5.96 Å². The molecule has 2 heterocycles. The first-order valence-corrected chi connectivity index (χ1v) is 11.2. The molecule has 1 aliphatic rings. The third-order valence-corrected chi connectivity index (χ3v) is 5.73. The van der Waals surface area contributed by atoms with Gasteiger partial charge in [-0.25, -0.2) is 9.98 Å². The maximum Gasteiger partial charge on any atom is 0.303 e. The van der Waals surface area contributed by atoms with Crippen molar-refractivity contribution in [1.82, 2.24) is 9.88 Å². The van der Waals surface area contributed by atoms with E-state index < -0.39 is 5.97 Å². The van der Waals surface area contributed by atoms with Crippen LogP contribution in [0.25, 0.3) is 0 Å². The lowest BCUT2D eigenvalue weighted by atomic mass is 10.0. The van der Waals surface area contributed by atoms with Gasteiger partial charge in [-0.05, 0) is 31.0 Å². The number of nitrogens with zero attached hydrogens (tertiary/aromatic N) is 3. The average Bonchev–Trinajstić information content (AvgIpc) is 2.84. The Morgan fingerprint density at radius 1 is 1.15 bits per heavy atom. The Balaban J connectivity index is 1.52. The standard InChI is InChI=1S/C26H28N4O4/c1-18(33-17-19-8-4-2-5-9-19)23(12-13-25(31)32)30-16-20-14-24(28-15-22(20)29-26(30)27)34-21-10-6-3-7-11-21/h2-11,14-15,18,23H,12-13,16-17H2,1H3,(H2,27,29)(H,31,32). The van der Waals surface area contributed by atoms with Gasteiger partial charge in [-0.3, -0.25) is 4.79 Å². The molecule has 8 heteroatoms. The molecule has 2 unspecified atom stereocenters. The third kappa shape index (κ3) is 5.90. The number of guanidine groups is 1. The lowest BCUT2D eigenvalue weighted by molar-refractivity contribution is -0.137. The van der Waals surface area contributed by atoms with E-state index in [0.717, 1.165) is 11.1 Å². The Morgan fingerprint density at radius 3 is 2.56 bits per heavy atom. The number of aliphatic carboxylic acids is 1. The van der Waals surface area contributed by atoms with Gasteiger partial charge in [-0.2, -0.15) is 0 Å². The number of hydrogen-bond acceptors (Lipinski definition) is 7. The van der Waals surface area contributed by atoms with Crippen LogP contribution in [0.5, 0.6) is 11.6 Å². The fraction of sp³-hybridized carbons (Fsp3) is 0.269. The monoisotopic (exact) mass is 460 g/mol. The number of hydrogen-bond donors (Lipinski definition) is 2. The Kier molecular flexibility index (Phi) is 7.39. The first kappa shape index (κ1) is 23.3. The summed E-state index contributed by atoms with van der Waals surface area (Å²) >= 11 is 0. The quantitative estimate of drug-likeness (QED) is 0.459. The number of carboxylic acid groups (broad SMARTS) is 1. The molecule has 8 nitrogen and oxygen atoms in total. The van der Waals surface area contributed by atoms with E-state index in [1.807, 2.05) is 78.6 Å². The van der Waals surface area contributed by atoms with Crippen LogP contribution < -0.4 is 10.5 Å². The van der Waals surface area contributed by atoms with Crippen molar-refractivity contribution in [3.05, 3.63) is 84.1 Å². The summed E-state index contributed by atoms with van der Waals surface area (Å²) in [6.45, 7) is 2.81. The molecule has 176 valence electrons. The number of fused-ring (bicyclic) bond motifs is 1. The van der Waals surface area contributed by atoms with Gasteiger partial charge in [0.05, 0.1) is 30.6 Å². The maximum atomic E-state index is 11.3. The molecule has 0 radical (unpaired) electrons. The molecule has 2 atom stereocenters. The van der Waals surface area contributed by atoms with Gasteiger partial charge in [0, 0.05) is 24.6 Å². The molecule has 4 rings (SSSR count). The number of rotatable bonds is 10. The van der Waals surface area contributed by atoms with Crippen molar-refractivity contribution >= 4 is 17.6 Å². The Hall–Kier alpha value is -3.91. The molecule has 3 aromatic rings. The van der Waals surface area contributed by atoms with Crippen molar-refractivity contribution < 1.29 is 19.4 Å². The number of aromatic nitrogens is 1. The predicted molar refractivity (Wildman–Crippen MR) is 129 cm³/mol. The van der Waals surface area contributed by atoms with Crippen LogP contribution in [0.3, 0.4) is 0 Å². The fourth-order valence-electron chi connectivity index (χ4n) is 3.93. The van der Waals surface area contributed by atoms with Crippen molar-refractivity contribution in [2.45, 2.75) is 45.1 Å². The summed E-state index contributed by atoms with van der Waals surface area (Å²) in [5, 5.41) is 9.31. The van der Waals surface area contributed by atoms with Gasteiger partial charge in [-0.15, -0.1) is 0 Å². The number of para-hydroxylation sites is 1. The van der Waals surface area contributed by atoms with Crippen LogP contribution in [0.15, 0.2) is 77.9 Å². The van der Waals surface area contributed by atoms with Crippen LogP contribution in [-0.4, -0.2) is 39.1 Å². The van der Waals surface area contributed by atoms with Gasteiger partial charge in [-0.1, -0.05) is 48.5 Å². The van der Waals surface area contributed by atoms with E-state index in [1.54, 1.807) is 6.20 Å². The highest BCUT2D eigenvalue weighted by molar-refractivity contribution is 5.84. The second kappa shape index (κ2) is 10.8. The smallest absolute Gasteiger partial charge is 0.303 e. The maximum absolute atomic E-state index is 11.3. The van der Waals surface area contributed by atoms with Crippen LogP contribution in [0.1, 0.15) is 30.9 Å². The number of aliphatic imine (C=N–C) groups is 1. The molecule has 0 bridgehead atoms. The molecular formula is C26H28N4O4. The van der Waals surface area contributed by atoms with Crippen molar-refractivity contribution in [2.24, 2.45) is 10.7 Å². The Morgan fingerprint density at radius 2 is 1.85 bits per heavy atom. The summed E-state index contributed by atoms with van der Waals surface area (Å²) in [6, 6.07) is 20.8. The lowest BCUT2D eigenvalue weighted by Crippen LogP contribution is -2.50. The summed E-state index contributed by atoms with van der Waals surface area (Å²) < 4.78 is 12.0. The van der Waals surface area contributed by atoms with Crippen molar-refractivity contribution in [1.29, 1.82) is 0 Å². The van der Waals surface area contributed by atoms with Crippen LogP contribution in [0, 0.1) is 0 Å². The van der Waals surface area contributed by atoms with Gasteiger partial charge in [0.1, 0.15) is 5.75 Å². The Bertz CT molecular complexity index is 1140. The number of benzene rings is 2. The predicted octanol–water partition coefficient (Wildman–Crippen LogP) is 4.47. The van der Waals surface area contributed by atoms with Crippen molar-refractivity contribution in [3.63, 3.8) is 0 Å². The van der Waals surface area contributed by atoms with E-state index in [4.69, 9.17) is 15.2 Å². The highest BCUT2D eigenvalue weighted by Gasteiger charge is 2.31. The summed E-state index contributed by atoms with van der Waals surface area (Å²) in [5.41, 5.74) is 8.93. The topological polar surface area (TPSA) is 110 Å². The molecule has 3 N–H and O–H groups in total. The van der Waals surface area contributed by atoms with Crippen LogP contribution in [-0.2, 0) is 22.7 Å². The average molecular weight is 461 g/mol. The molecule has 0 saturated carbocycles. The molecule has 1 aromatic heterocycles. The molecule has 0 saturated heterocycles. The van der Waals surface area contributed by atoms with Crippen molar-refractivity contribution in [3.8, 4) is 11.6 Å². The van der Waals surface area contributed by atoms with Gasteiger partial charge >= 0.3 is 5.97 Å². The molecular weight excluding hydrogens is 432 g/mol. The number of carboxylic acids is 1. The number of pyridine rings is 1. The number of carbonyl (C=O) groups is 1. The molecule has 0 spiro atoms. The van der Waals surface area contributed by atoms with E-state index in [2.05, 4.69) is 9.98 Å². The minimum Gasteiger partial charge on any atom is -0.481 e. The van der Waals surface area contributed by atoms with Crippen LogP contribution in [0.2, 0.25) is 0 Å². The number of nitrogens with two attached hydrogens (primary N) is 1. The number of ether oxygens (including phenoxy) is 2. The first-order valence-electron chi connectivity index (χ1n) is 11.2.